The summed E-state index contributed by atoms with van der Waals surface area (Å²) in [4.78, 5) is 31.2. The lowest BCUT2D eigenvalue weighted by Gasteiger charge is -2.16. The molecule has 2 aromatic carbocycles. The zero-order chi connectivity index (χ0) is 20.5. The van der Waals surface area contributed by atoms with Gasteiger partial charge in [-0.3, -0.25) is 9.59 Å². The second-order valence-electron chi connectivity index (χ2n) is 6.89. The first kappa shape index (κ1) is 19.9. The van der Waals surface area contributed by atoms with E-state index in [1.165, 1.54) is 11.3 Å². The molecule has 0 radical (unpaired) electrons. The second-order valence-corrected chi connectivity index (χ2v) is 8.59. The molecule has 3 aromatic rings. The molecule has 1 aliphatic heterocycles. The summed E-state index contributed by atoms with van der Waals surface area (Å²) in [5.74, 6) is -0.687. The summed E-state index contributed by atoms with van der Waals surface area (Å²) in [6.45, 7) is 2.35. The quantitative estimate of drug-likeness (QED) is 0.583. The monoisotopic (exact) mass is 445 g/mol. The van der Waals surface area contributed by atoms with Crippen LogP contribution in [0.1, 0.15) is 12.0 Å². The van der Waals surface area contributed by atoms with Crippen molar-refractivity contribution in [2.24, 2.45) is 5.92 Å². The fourth-order valence-corrected chi connectivity index (χ4v) is 4.44. The normalized spacial score (nSPS) is 16.3. The van der Waals surface area contributed by atoms with Crippen molar-refractivity contribution in [3.8, 4) is 11.3 Å². The third-order valence-electron chi connectivity index (χ3n) is 4.78. The van der Waals surface area contributed by atoms with Crippen molar-refractivity contribution < 1.29 is 9.59 Å². The summed E-state index contributed by atoms with van der Waals surface area (Å²) in [5, 5.41) is 6.16. The van der Waals surface area contributed by atoms with Crippen LogP contribution in [0.3, 0.4) is 0 Å². The van der Waals surface area contributed by atoms with E-state index in [0.717, 1.165) is 16.8 Å². The molecule has 1 saturated heterocycles. The molecule has 0 bridgehead atoms. The Morgan fingerprint density at radius 2 is 1.97 bits per heavy atom. The number of hydrogen-bond donors (Lipinski definition) is 1. The van der Waals surface area contributed by atoms with Gasteiger partial charge in [-0.05, 0) is 37.3 Å². The lowest BCUT2D eigenvalue weighted by molar-refractivity contribution is -0.122. The molecule has 1 unspecified atom stereocenters. The molecule has 0 saturated carbocycles. The first-order valence-electron chi connectivity index (χ1n) is 8.99. The molecule has 2 heterocycles. The number of hydrogen-bond acceptors (Lipinski definition) is 4. The van der Waals surface area contributed by atoms with Crippen molar-refractivity contribution in [2.75, 3.05) is 16.8 Å². The Bertz CT molecular complexity index is 1080. The molecule has 1 fully saturated rings. The average Bonchev–Trinajstić information content (AvgIpc) is 3.29. The van der Waals surface area contributed by atoms with Crippen molar-refractivity contribution in [1.82, 2.24) is 4.98 Å². The molecule has 8 heteroatoms. The maximum atomic E-state index is 12.7. The summed E-state index contributed by atoms with van der Waals surface area (Å²) in [7, 11) is 0. The van der Waals surface area contributed by atoms with Gasteiger partial charge in [-0.1, -0.05) is 40.9 Å². The van der Waals surface area contributed by atoms with Gasteiger partial charge in [-0.25, -0.2) is 4.98 Å². The van der Waals surface area contributed by atoms with Gasteiger partial charge in [0.05, 0.1) is 16.6 Å². The number of aryl methyl sites for hydroxylation is 1. The van der Waals surface area contributed by atoms with Gasteiger partial charge in [0, 0.05) is 34.6 Å². The Labute approximate surface area is 182 Å². The van der Waals surface area contributed by atoms with Crippen LogP contribution in [0.15, 0.2) is 47.8 Å². The van der Waals surface area contributed by atoms with Crippen molar-refractivity contribution in [3.05, 3.63) is 63.5 Å². The molecular weight excluding hydrogens is 429 g/mol. The highest BCUT2D eigenvalue weighted by Gasteiger charge is 2.35. The van der Waals surface area contributed by atoms with E-state index in [1.54, 1.807) is 23.1 Å². The minimum Gasteiger partial charge on any atom is -0.312 e. The number of nitrogens with zero attached hydrogens (tertiary/aromatic N) is 2. The Morgan fingerprint density at radius 1 is 1.21 bits per heavy atom. The Hall–Kier alpha value is -2.41. The Morgan fingerprint density at radius 3 is 2.69 bits per heavy atom. The first-order chi connectivity index (χ1) is 13.9. The molecule has 0 spiro atoms. The number of aromatic nitrogens is 1. The lowest BCUT2D eigenvalue weighted by Crippen LogP contribution is -2.28. The third-order valence-corrected chi connectivity index (χ3v) is 6.09. The van der Waals surface area contributed by atoms with Gasteiger partial charge < -0.3 is 10.2 Å². The number of halogens is 2. The molecule has 148 valence electrons. The van der Waals surface area contributed by atoms with Crippen molar-refractivity contribution in [2.45, 2.75) is 13.3 Å². The second kappa shape index (κ2) is 8.14. The molecule has 1 N–H and O–H groups in total. The maximum Gasteiger partial charge on any atom is 0.231 e. The highest BCUT2D eigenvalue weighted by molar-refractivity contribution is 7.14. The van der Waals surface area contributed by atoms with Crippen LogP contribution in [-0.4, -0.2) is 23.3 Å². The van der Waals surface area contributed by atoms with Crippen molar-refractivity contribution in [3.63, 3.8) is 0 Å². The van der Waals surface area contributed by atoms with E-state index in [4.69, 9.17) is 23.2 Å². The van der Waals surface area contributed by atoms with Crippen LogP contribution in [-0.2, 0) is 9.59 Å². The molecular formula is C21H17Cl2N3O2S. The molecule has 1 aliphatic rings. The van der Waals surface area contributed by atoms with E-state index < -0.39 is 5.92 Å². The van der Waals surface area contributed by atoms with Gasteiger partial charge in [-0.2, -0.15) is 0 Å². The summed E-state index contributed by atoms with van der Waals surface area (Å²) in [6.07, 6.45) is 0.182. The van der Waals surface area contributed by atoms with Gasteiger partial charge in [0.2, 0.25) is 11.8 Å². The highest BCUT2D eigenvalue weighted by atomic mass is 35.5. The molecule has 5 nitrogen and oxygen atoms in total. The van der Waals surface area contributed by atoms with Crippen LogP contribution in [0.4, 0.5) is 10.8 Å². The maximum absolute atomic E-state index is 12.7. The summed E-state index contributed by atoms with van der Waals surface area (Å²) in [5.41, 5.74) is 3.34. The van der Waals surface area contributed by atoms with Gasteiger partial charge in [0.15, 0.2) is 5.13 Å². The molecule has 2 amide bonds. The number of amides is 2. The number of thiazole rings is 1. The number of anilines is 2. The third kappa shape index (κ3) is 4.29. The van der Waals surface area contributed by atoms with Crippen LogP contribution in [0, 0.1) is 12.8 Å². The fraction of sp³-hybridized carbons (Fsp3) is 0.190. The number of rotatable bonds is 4. The van der Waals surface area contributed by atoms with Gasteiger partial charge in [-0.15, -0.1) is 11.3 Å². The minimum atomic E-state index is -0.421. The number of carbonyl (C=O) groups excluding carboxylic acids is 2. The molecule has 4 rings (SSSR count). The summed E-state index contributed by atoms with van der Waals surface area (Å²) < 4.78 is 0. The average molecular weight is 446 g/mol. The number of nitrogens with one attached hydrogen (secondary N) is 1. The fourth-order valence-electron chi connectivity index (χ4n) is 3.22. The molecule has 1 atom stereocenters. The van der Waals surface area contributed by atoms with Gasteiger partial charge in [0.1, 0.15) is 0 Å². The first-order valence-corrected chi connectivity index (χ1v) is 10.6. The Balaban J connectivity index is 1.44. The van der Waals surface area contributed by atoms with Crippen LogP contribution >= 0.6 is 34.5 Å². The predicted octanol–water partition coefficient (Wildman–Crippen LogP) is 5.42. The molecule has 1 aromatic heterocycles. The topological polar surface area (TPSA) is 62.3 Å². The van der Waals surface area contributed by atoms with E-state index in [-0.39, 0.29) is 18.2 Å². The number of carbonyl (C=O) groups is 2. The standard InChI is InChI=1S/C21H17Cl2N3O2S/c1-12-2-5-15(6-3-12)26-10-13(8-19(26)27)20(28)25-21-24-18(11-29-21)16-7-4-14(22)9-17(16)23/h2-7,9,11,13H,8,10H2,1H3,(H,24,25,28). The van der Waals surface area contributed by atoms with Crippen LogP contribution < -0.4 is 10.2 Å². The van der Waals surface area contributed by atoms with Crippen LogP contribution in [0.2, 0.25) is 10.0 Å². The highest BCUT2D eigenvalue weighted by Crippen LogP contribution is 2.33. The van der Waals surface area contributed by atoms with Crippen molar-refractivity contribution in [1.29, 1.82) is 0 Å². The lowest BCUT2D eigenvalue weighted by atomic mass is 10.1. The van der Waals surface area contributed by atoms with E-state index in [2.05, 4.69) is 10.3 Å². The van der Waals surface area contributed by atoms with E-state index in [9.17, 15) is 9.59 Å². The number of benzene rings is 2. The van der Waals surface area contributed by atoms with Gasteiger partial charge in [0.25, 0.3) is 0 Å². The predicted molar refractivity (Wildman–Crippen MR) is 118 cm³/mol. The van der Waals surface area contributed by atoms with Gasteiger partial charge >= 0.3 is 0 Å². The summed E-state index contributed by atoms with van der Waals surface area (Å²) in [6, 6.07) is 12.9. The summed E-state index contributed by atoms with van der Waals surface area (Å²) >= 11 is 13.5. The van der Waals surface area contributed by atoms with Crippen LogP contribution in [0.5, 0.6) is 0 Å². The molecule has 0 aliphatic carbocycles. The zero-order valence-electron chi connectivity index (χ0n) is 15.5. The van der Waals surface area contributed by atoms with Crippen molar-refractivity contribution >= 4 is 57.2 Å². The van der Waals surface area contributed by atoms with E-state index in [0.29, 0.717) is 27.4 Å². The minimum absolute atomic E-state index is 0.0539. The zero-order valence-corrected chi connectivity index (χ0v) is 17.8. The van der Waals surface area contributed by atoms with Crippen LogP contribution in [0.25, 0.3) is 11.3 Å². The SMILES string of the molecule is Cc1ccc(N2CC(C(=O)Nc3nc(-c4ccc(Cl)cc4Cl)cs3)CC2=O)cc1. The largest absolute Gasteiger partial charge is 0.312 e. The smallest absolute Gasteiger partial charge is 0.231 e. The Kier molecular flexibility index (Phi) is 5.58. The van der Waals surface area contributed by atoms with E-state index in [1.807, 2.05) is 36.6 Å². The van der Waals surface area contributed by atoms with E-state index >= 15 is 0 Å². The molecule has 29 heavy (non-hydrogen) atoms.